The Labute approximate surface area is 272 Å². The first-order valence-electron chi connectivity index (χ1n) is 14.6. The van der Waals surface area contributed by atoms with E-state index in [0.717, 1.165) is 15.4 Å². The molecule has 1 amide bonds. The van der Waals surface area contributed by atoms with Crippen LogP contribution in [-0.2, 0) is 11.2 Å². The Bertz CT molecular complexity index is 2150. The molecule has 2 heterocycles. The van der Waals surface area contributed by atoms with E-state index >= 15 is 0 Å². The number of ether oxygens (including phenoxy) is 2. The Morgan fingerprint density at radius 2 is 1.85 bits per heavy atom. The normalized spacial score (nSPS) is 11.3. The van der Waals surface area contributed by atoms with Gasteiger partial charge in [-0.3, -0.25) is 9.59 Å². The molecule has 0 fully saturated rings. The second kappa shape index (κ2) is 13.7. The van der Waals surface area contributed by atoms with Crippen LogP contribution in [-0.4, -0.2) is 35.0 Å². The lowest BCUT2D eigenvalue weighted by molar-refractivity contribution is -0.118. The van der Waals surface area contributed by atoms with Gasteiger partial charge in [0.1, 0.15) is 5.58 Å². The number of hydrogen-bond acceptors (Lipinski definition) is 7. The fourth-order valence-electron chi connectivity index (χ4n) is 4.99. The van der Waals surface area contributed by atoms with Crippen molar-refractivity contribution in [3.05, 3.63) is 130 Å². The van der Waals surface area contributed by atoms with E-state index in [4.69, 9.17) is 18.9 Å². The number of anilines is 1. The van der Waals surface area contributed by atoms with Crippen LogP contribution in [0.1, 0.15) is 18.1 Å². The van der Waals surface area contributed by atoms with E-state index in [1.807, 2.05) is 61.5 Å². The minimum absolute atomic E-state index is 0.220. The molecule has 0 saturated carbocycles. The molecule has 0 aliphatic carbocycles. The molecular weight excluding hydrogens is 648 g/mol. The Kier molecular flexibility index (Phi) is 9.07. The van der Waals surface area contributed by atoms with Crippen LogP contribution in [0.15, 0.2) is 122 Å². The van der Waals surface area contributed by atoms with Crippen LogP contribution in [0.4, 0.5) is 5.69 Å². The smallest absolute Gasteiger partial charge is 0.282 e. The van der Waals surface area contributed by atoms with Gasteiger partial charge in [0.05, 0.1) is 23.7 Å². The van der Waals surface area contributed by atoms with E-state index in [1.165, 1.54) is 4.68 Å². The number of amides is 1. The zero-order chi connectivity index (χ0) is 32.0. The number of fused-ring (bicyclic) bond motifs is 2. The van der Waals surface area contributed by atoms with Crippen LogP contribution >= 0.6 is 15.9 Å². The van der Waals surface area contributed by atoms with E-state index in [2.05, 4.69) is 32.9 Å². The van der Waals surface area contributed by atoms with Crippen molar-refractivity contribution in [2.45, 2.75) is 13.3 Å². The highest BCUT2D eigenvalue weighted by atomic mass is 79.9. The van der Waals surface area contributed by atoms with E-state index < -0.39 is 0 Å². The second-order valence-electron chi connectivity index (χ2n) is 10.2. The minimum atomic E-state index is -0.348. The third-order valence-corrected chi connectivity index (χ3v) is 7.49. The maximum Gasteiger partial charge on any atom is 0.282 e. The number of benzene rings is 4. The van der Waals surface area contributed by atoms with Crippen molar-refractivity contribution < 1.29 is 18.7 Å². The Morgan fingerprint density at radius 1 is 1.04 bits per heavy atom. The topological polar surface area (TPSA) is 108 Å². The average molecular weight is 678 g/mol. The number of allylic oxidation sites excluding steroid dienone is 1. The molecule has 6 rings (SSSR count). The lowest BCUT2D eigenvalue weighted by atomic mass is 10.1. The summed E-state index contributed by atoms with van der Waals surface area (Å²) < 4.78 is 20.2. The number of furan rings is 1. The third-order valence-electron chi connectivity index (χ3n) is 7.00. The van der Waals surface area contributed by atoms with Crippen LogP contribution in [0.25, 0.3) is 33.5 Å². The summed E-state index contributed by atoms with van der Waals surface area (Å²) in [6.07, 6.45) is 3.73. The largest absolute Gasteiger partial charge is 0.490 e. The molecule has 0 unspecified atom stereocenters. The highest BCUT2D eigenvalue weighted by Crippen LogP contribution is 2.34. The predicted molar refractivity (Wildman–Crippen MR) is 184 cm³/mol. The van der Waals surface area contributed by atoms with Gasteiger partial charge in [-0.2, -0.15) is 9.78 Å². The van der Waals surface area contributed by atoms with E-state index in [1.54, 1.807) is 48.7 Å². The number of para-hydroxylation sites is 2. The molecular formula is C36H29BrN4O5. The highest BCUT2D eigenvalue weighted by Gasteiger charge is 2.18. The molecule has 46 heavy (non-hydrogen) atoms. The first-order chi connectivity index (χ1) is 22.4. The summed E-state index contributed by atoms with van der Waals surface area (Å²) in [4.78, 5) is 31.1. The number of nitrogens with one attached hydrogen (secondary N) is 1. The monoisotopic (exact) mass is 676 g/mol. The summed E-state index contributed by atoms with van der Waals surface area (Å²) in [5.74, 6) is 1.21. The zero-order valence-electron chi connectivity index (χ0n) is 24.9. The van der Waals surface area contributed by atoms with Crippen molar-refractivity contribution in [1.29, 1.82) is 0 Å². The molecule has 9 nitrogen and oxygen atoms in total. The van der Waals surface area contributed by atoms with Crippen molar-refractivity contribution in [2.75, 3.05) is 18.5 Å². The molecule has 0 radical (unpaired) electrons. The molecule has 1 N–H and O–H groups in total. The van der Waals surface area contributed by atoms with Crippen LogP contribution in [0.3, 0.4) is 0 Å². The first-order valence-corrected chi connectivity index (χ1v) is 15.4. The Morgan fingerprint density at radius 3 is 2.65 bits per heavy atom. The molecule has 0 bridgehead atoms. The number of hydrogen-bond donors (Lipinski definition) is 1. The van der Waals surface area contributed by atoms with Gasteiger partial charge in [0.15, 0.2) is 23.9 Å². The van der Waals surface area contributed by atoms with Gasteiger partial charge in [0.2, 0.25) is 5.82 Å². The van der Waals surface area contributed by atoms with Crippen LogP contribution in [0, 0.1) is 0 Å². The number of carbonyl (C=O) groups excluding carboxylic acids is 1. The Hall–Kier alpha value is -5.48. The summed E-state index contributed by atoms with van der Waals surface area (Å²) >= 11 is 3.49. The van der Waals surface area contributed by atoms with Gasteiger partial charge < -0.3 is 19.2 Å². The molecule has 10 heteroatoms. The highest BCUT2D eigenvalue weighted by molar-refractivity contribution is 9.10. The molecule has 0 atom stereocenters. The zero-order valence-corrected chi connectivity index (χ0v) is 26.5. The van der Waals surface area contributed by atoms with Crippen molar-refractivity contribution >= 4 is 55.6 Å². The number of nitrogens with zero attached hydrogens (tertiary/aromatic N) is 3. The van der Waals surface area contributed by atoms with Crippen LogP contribution in [0.2, 0.25) is 0 Å². The fraction of sp³-hybridized carbons (Fsp3) is 0.111. The molecule has 2 aromatic heterocycles. The average Bonchev–Trinajstić information content (AvgIpc) is 3.48. The molecule has 6 aromatic rings. The van der Waals surface area contributed by atoms with E-state index in [0.29, 0.717) is 58.0 Å². The number of aromatic nitrogens is 2. The summed E-state index contributed by atoms with van der Waals surface area (Å²) in [5.41, 5.74) is 2.88. The lowest BCUT2D eigenvalue weighted by Gasteiger charge is -2.16. The molecule has 0 spiro atoms. The molecule has 0 aliphatic heterocycles. The van der Waals surface area contributed by atoms with Crippen LogP contribution < -0.4 is 20.3 Å². The summed E-state index contributed by atoms with van der Waals surface area (Å²) in [6.45, 7) is 5.88. The minimum Gasteiger partial charge on any atom is -0.490 e. The van der Waals surface area contributed by atoms with E-state index in [9.17, 15) is 9.59 Å². The summed E-state index contributed by atoms with van der Waals surface area (Å²) in [5, 5.41) is 8.69. The molecule has 0 aliphatic rings. The first kappa shape index (κ1) is 30.5. The quantitative estimate of drug-likeness (QED) is 0.112. The van der Waals surface area contributed by atoms with Crippen molar-refractivity contribution in [3.8, 4) is 23.1 Å². The van der Waals surface area contributed by atoms with Gasteiger partial charge in [0.25, 0.3) is 11.5 Å². The molecule has 0 saturated heterocycles. The summed E-state index contributed by atoms with van der Waals surface area (Å²) in [7, 11) is 0. The van der Waals surface area contributed by atoms with Gasteiger partial charge in [-0.1, -0.05) is 52.3 Å². The number of halogens is 1. The summed E-state index contributed by atoms with van der Waals surface area (Å²) in [6, 6.07) is 27.4. The maximum atomic E-state index is 13.8. The predicted octanol–water partition coefficient (Wildman–Crippen LogP) is 7.60. The van der Waals surface area contributed by atoms with E-state index in [-0.39, 0.29) is 23.9 Å². The number of carbonyl (C=O) groups is 1. The third kappa shape index (κ3) is 6.62. The SMILES string of the molecule is C=CCc1cc(C=Nn2c(-c3cc4cc(Br)ccc4o3)nc3ccccc3c2=O)cc(OCC)c1OCC(=O)Nc1ccccc1. The molecule has 4 aromatic carbocycles. The van der Waals surface area contributed by atoms with Crippen molar-refractivity contribution in [3.63, 3.8) is 0 Å². The van der Waals surface area contributed by atoms with Gasteiger partial charge in [-0.25, -0.2) is 4.98 Å². The maximum absolute atomic E-state index is 13.8. The van der Waals surface area contributed by atoms with Gasteiger partial charge >= 0.3 is 0 Å². The van der Waals surface area contributed by atoms with Crippen molar-refractivity contribution in [2.24, 2.45) is 5.10 Å². The standard InChI is InChI=1S/C36H29BrN4O5/c1-3-10-24-17-23(18-31(44-4-2)34(24)45-22-33(42)39-27-11-6-5-7-12-27)21-38-41-35(40-29-14-9-8-13-28(29)36(41)43)32-20-25-19-26(37)15-16-30(25)46-32/h3,5-9,11-21H,1,4,10,22H2,2H3,(H,39,42). The van der Waals surface area contributed by atoms with Crippen LogP contribution in [0.5, 0.6) is 11.5 Å². The van der Waals surface area contributed by atoms with Crippen molar-refractivity contribution in [1.82, 2.24) is 9.66 Å². The van der Waals surface area contributed by atoms with Gasteiger partial charge in [-0.15, -0.1) is 6.58 Å². The molecule has 230 valence electrons. The van der Waals surface area contributed by atoms with Gasteiger partial charge in [-0.05, 0) is 79.6 Å². The lowest BCUT2D eigenvalue weighted by Crippen LogP contribution is -2.21. The number of rotatable bonds is 11. The van der Waals surface area contributed by atoms with Gasteiger partial charge in [0, 0.05) is 21.1 Å². The second-order valence-corrected chi connectivity index (χ2v) is 11.2. The Balaban J connectivity index is 1.38. The fourth-order valence-corrected chi connectivity index (χ4v) is 5.37.